The number of hydrogen-bond acceptors (Lipinski definition) is 3. The average Bonchev–Trinajstić information content (AvgIpc) is 3.09. The van der Waals surface area contributed by atoms with E-state index in [9.17, 15) is 0 Å². The Labute approximate surface area is 140 Å². The Morgan fingerprint density at radius 2 is 1.78 bits per heavy atom. The van der Waals surface area contributed by atoms with E-state index in [4.69, 9.17) is 20.8 Å². The molecule has 0 aliphatic rings. The van der Waals surface area contributed by atoms with Crippen LogP contribution in [0.5, 0.6) is 5.75 Å². The molecule has 4 heteroatoms. The molecule has 23 heavy (non-hydrogen) atoms. The first-order valence-corrected chi connectivity index (χ1v) is 7.67. The quantitative estimate of drug-likeness (QED) is 0.589. The molecule has 116 valence electrons. The molecule has 3 rings (SSSR count). The number of benzene rings is 2. The number of halogens is 1. The van der Waals surface area contributed by atoms with Crippen molar-refractivity contribution in [2.75, 3.05) is 0 Å². The molecule has 0 amide bonds. The summed E-state index contributed by atoms with van der Waals surface area (Å²) in [6, 6.07) is 19.2. The zero-order chi connectivity index (χ0) is 15.9. The molecule has 0 spiro atoms. The molecule has 0 saturated heterocycles. The van der Waals surface area contributed by atoms with Crippen LogP contribution in [0.4, 0.5) is 0 Å². The van der Waals surface area contributed by atoms with Crippen LogP contribution in [0, 0.1) is 0 Å². The minimum absolute atomic E-state index is 0.517. The molecule has 3 aromatic rings. The fourth-order valence-corrected chi connectivity index (χ4v) is 2.17. The lowest BCUT2D eigenvalue weighted by Gasteiger charge is -2.06. The van der Waals surface area contributed by atoms with Crippen LogP contribution in [0.3, 0.4) is 0 Å². The number of hydrogen-bond donors (Lipinski definition) is 0. The molecule has 0 bridgehead atoms. The van der Waals surface area contributed by atoms with Crippen LogP contribution in [0.1, 0.15) is 16.9 Å². The second-order valence-corrected chi connectivity index (χ2v) is 5.47. The van der Waals surface area contributed by atoms with Crippen LogP contribution in [0.2, 0.25) is 5.02 Å². The van der Waals surface area contributed by atoms with Crippen LogP contribution < -0.4 is 4.74 Å². The maximum absolute atomic E-state index is 5.86. The molecule has 1 heterocycles. The first-order valence-electron chi connectivity index (χ1n) is 7.29. The van der Waals surface area contributed by atoms with Crippen LogP contribution >= 0.6 is 11.6 Å². The van der Waals surface area contributed by atoms with E-state index < -0.39 is 0 Å². The Bertz CT molecular complexity index is 747. The summed E-state index contributed by atoms with van der Waals surface area (Å²) < 4.78 is 11.0. The largest absolute Gasteiger partial charge is 0.489 e. The Balaban J connectivity index is 1.52. The van der Waals surface area contributed by atoms with Gasteiger partial charge in [0.2, 0.25) is 0 Å². The zero-order valence-electron chi connectivity index (χ0n) is 12.5. The van der Waals surface area contributed by atoms with Crippen molar-refractivity contribution < 1.29 is 9.15 Å². The van der Waals surface area contributed by atoms with E-state index >= 15 is 0 Å². The molecule has 0 radical (unpaired) electrons. The van der Waals surface area contributed by atoms with Crippen LogP contribution in [-0.4, -0.2) is 6.21 Å². The highest BCUT2D eigenvalue weighted by Gasteiger charge is 1.97. The molecule has 2 aromatic carbocycles. The highest BCUT2D eigenvalue weighted by atomic mass is 35.5. The van der Waals surface area contributed by atoms with Gasteiger partial charge in [0.05, 0.1) is 12.8 Å². The van der Waals surface area contributed by atoms with Gasteiger partial charge in [-0.15, -0.1) is 0 Å². The molecular weight excluding hydrogens is 310 g/mol. The third kappa shape index (κ3) is 4.73. The van der Waals surface area contributed by atoms with Crippen molar-refractivity contribution in [3.8, 4) is 5.75 Å². The van der Waals surface area contributed by atoms with E-state index in [2.05, 4.69) is 4.99 Å². The molecule has 0 unspecified atom stereocenters. The summed E-state index contributed by atoms with van der Waals surface area (Å²) in [6.45, 7) is 1.06. The monoisotopic (exact) mass is 325 g/mol. The Hall–Kier alpha value is -2.52. The number of ether oxygens (including phenoxy) is 1. The first-order chi connectivity index (χ1) is 11.3. The van der Waals surface area contributed by atoms with E-state index in [0.717, 1.165) is 27.7 Å². The van der Waals surface area contributed by atoms with E-state index in [-0.39, 0.29) is 0 Å². The fourth-order valence-electron chi connectivity index (χ4n) is 2.04. The molecule has 0 aliphatic heterocycles. The van der Waals surface area contributed by atoms with Crippen LogP contribution in [-0.2, 0) is 13.2 Å². The SMILES string of the molecule is Clc1ccc(COc2ccc(/C=N\Cc3ccco3)cc2)cc1. The van der Waals surface area contributed by atoms with Gasteiger partial charge in [-0.2, -0.15) is 0 Å². The number of furan rings is 1. The molecular formula is C19H16ClNO2. The van der Waals surface area contributed by atoms with Crippen LogP contribution in [0.25, 0.3) is 0 Å². The standard InChI is InChI=1S/C19H16ClNO2/c20-17-7-3-16(4-8-17)14-23-18-9-5-15(6-10-18)12-21-13-19-2-1-11-22-19/h1-12H,13-14H2/b21-12-. The number of aliphatic imine (C=N–C) groups is 1. The Morgan fingerprint density at radius 1 is 1.00 bits per heavy atom. The topological polar surface area (TPSA) is 34.7 Å². The lowest BCUT2D eigenvalue weighted by molar-refractivity contribution is 0.306. The highest BCUT2D eigenvalue weighted by Crippen LogP contribution is 2.15. The zero-order valence-corrected chi connectivity index (χ0v) is 13.2. The van der Waals surface area contributed by atoms with Gasteiger partial charge in [-0.3, -0.25) is 4.99 Å². The smallest absolute Gasteiger partial charge is 0.125 e. The van der Waals surface area contributed by atoms with Gasteiger partial charge >= 0.3 is 0 Å². The van der Waals surface area contributed by atoms with E-state index in [1.54, 1.807) is 6.26 Å². The van der Waals surface area contributed by atoms with Gasteiger partial charge < -0.3 is 9.15 Å². The fraction of sp³-hybridized carbons (Fsp3) is 0.105. The second kappa shape index (κ2) is 7.65. The summed E-state index contributed by atoms with van der Waals surface area (Å²) >= 11 is 5.86. The van der Waals surface area contributed by atoms with Crippen molar-refractivity contribution in [3.63, 3.8) is 0 Å². The summed E-state index contributed by atoms with van der Waals surface area (Å²) in [5, 5.41) is 0.729. The lowest BCUT2D eigenvalue weighted by Crippen LogP contribution is -1.95. The van der Waals surface area contributed by atoms with E-state index in [0.29, 0.717) is 13.2 Å². The lowest BCUT2D eigenvalue weighted by atomic mass is 10.2. The maximum Gasteiger partial charge on any atom is 0.125 e. The minimum Gasteiger partial charge on any atom is -0.489 e. The van der Waals surface area contributed by atoms with Gasteiger partial charge in [0, 0.05) is 11.2 Å². The van der Waals surface area contributed by atoms with Gasteiger partial charge in [0.25, 0.3) is 0 Å². The van der Waals surface area contributed by atoms with E-state index in [1.807, 2.05) is 66.9 Å². The molecule has 0 saturated carbocycles. The predicted molar refractivity (Wildman–Crippen MR) is 92.2 cm³/mol. The molecule has 0 N–H and O–H groups in total. The minimum atomic E-state index is 0.517. The summed E-state index contributed by atoms with van der Waals surface area (Å²) in [5.41, 5.74) is 2.11. The molecule has 0 fully saturated rings. The molecule has 1 aromatic heterocycles. The van der Waals surface area contributed by atoms with Crippen molar-refractivity contribution in [1.82, 2.24) is 0 Å². The number of nitrogens with zero attached hydrogens (tertiary/aromatic N) is 1. The number of rotatable bonds is 6. The average molecular weight is 326 g/mol. The highest BCUT2D eigenvalue weighted by molar-refractivity contribution is 6.30. The second-order valence-electron chi connectivity index (χ2n) is 5.03. The summed E-state index contributed by atoms with van der Waals surface area (Å²) in [4.78, 5) is 4.34. The van der Waals surface area contributed by atoms with Gasteiger partial charge in [-0.1, -0.05) is 23.7 Å². The third-order valence-corrected chi connectivity index (χ3v) is 3.52. The molecule has 3 nitrogen and oxygen atoms in total. The van der Waals surface area contributed by atoms with Crippen LogP contribution in [0.15, 0.2) is 76.3 Å². The first kappa shape index (κ1) is 15.4. The van der Waals surface area contributed by atoms with Crippen molar-refractivity contribution in [2.45, 2.75) is 13.2 Å². The summed E-state index contributed by atoms with van der Waals surface area (Å²) in [6.07, 6.45) is 3.48. The Morgan fingerprint density at radius 3 is 2.48 bits per heavy atom. The van der Waals surface area contributed by atoms with E-state index in [1.165, 1.54) is 0 Å². The molecule has 0 aliphatic carbocycles. The van der Waals surface area contributed by atoms with Crippen molar-refractivity contribution >= 4 is 17.8 Å². The van der Waals surface area contributed by atoms with Crippen molar-refractivity contribution in [1.29, 1.82) is 0 Å². The van der Waals surface area contributed by atoms with Gasteiger partial charge in [0.15, 0.2) is 0 Å². The van der Waals surface area contributed by atoms with Gasteiger partial charge in [-0.05, 0) is 59.7 Å². The molecule has 0 atom stereocenters. The normalized spacial score (nSPS) is 11.0. The Kier molecular flexibility index (Phi) is 5.12. The maximum atomic E-state index is 5.86. The van der Waals surface area contributed by atoms with Crippen molar-refractivity contribution in [2.24, 2.45) is 4.99 Å². The summed E-state index contributed by atoms with van der Waals surface area (Å²) in [7, 11) is 0. The van der Waals surface area contributed by atoms with Crippen molar-refractivity contribution in [3.05, 3.63) is 88.8 Å². The van der Waals surface area contributed by atoms with Gasteiger partial charge in [-0.25, -0.2) is 0 Å². The predicted octanol–water partition coefficient (Wildman–Crippen LogP) is 5.13. The summed E-state index contributed by atoms with van der Waals surface area (Å²) in [5.74, 6) is 1.67. The van der Waals surface area contributed by atoms with Gasteiger partial charge in [0.1, 0.15) is 18.1 Å². The third-order valence-electron chi connectivity index (χ3n) is 3.27.